The van der Waals surface area contributed by atoms with Gasteiger partial charge in [0.25, 0.3) is 0 Å². The number of H-pyrrole nitrogens is 1. The number of carbonyl (C=O) groups is 2. The highest BCUT2D eigenvalue weighted by Gasteiger charge is 2.61. The minimum atomic E-state index is -1.66. The molecule has 0 radical (unpaired) electrons. The van der Waals surface area contributed by atoms with Crippen molar-refractivity contribution in [3.05, 3.63) is 64.4 Å². The summed E-state index contributed by atoms with van der Waals surface area (Å²) in [4.78, 5) is 27.3. The molecule has 1 atom stereocenters. The Kier molecular flexibility index (Phi) is 3.71. The molecule has 4 N–H and O–H groups in total. The Balaban J connectivity index is 1.90. The number of hydrogen-bond acceptors (Lipinski definition) is 7. The van der Waals surface area contributed by atoms with Gasteiger partial charge in [0.05, 0.1) is 16.1 Å². The van der Waals surface area contributed by atoms with E-state index >= 15 is 0 Å². The molecule has 4 heterocycles. The molecular weight excluding hydrogens is 406 g/mol. The predicted molar refractivity (Wildman–Crippen MR) is 107 cm³/mol. The number of nitriles is 1. The summed E-state index contributed by atoms with van der Waals surface area (Å²) in [5, 5.41) is 28.4. The van der Waals surface area contributed by atoms with Gasteiger partial charge in [-0.3, -0.25) is 19.6 Å². The summed E-state index contributed by atoms with van der Waals surface area (Å²) in [7, 11) is 0. The molecule has 0 saturated carbocycles. The van der Waals surface area contributed by atoms with Crippen LogP contribution in [0.1, 0.15) is 11.1 Å². The van der Waals surface area contributed by atoms with Gasteiger partial charge in [0, 0.05) is 11.3 Å². The quantitative estimate of drug-likeness (QED) is 0.588. The maximum Gasteiger partial charge on any atom is 0.323 e. The van der Waals surface area contributed by atoms with E-state index < -0.39 is 23.8 Å². The molecule has 0 aliphatic carbocycles. The number of aromatic amines is 1. The van der Waals surface area contributed by atoms with Crippen LogP contribution in [0.2, 0.25) is 0 Å². The van der Waals surface area contributed by atoms with E-state index in [1.54, 1.807) is 24.3 Å². The third-order valence-corrected chi connectivity index (χ3v) is 6.16. The molecule has 5 rings (SSSR count). The number of carboxylic acids is 1. The van der Waals surface area contributed by atoms with Gasteiger partial charge < -0.3 is 15.6 Å². The Morgan fingerprint density at radius 1 is 1.37 bits per heavy atom. The zero-order valence-electron chi connectivity index (χ0n) is 15.2. The number of nitrogens with zero attached hydrogens (tertiary/aromatic N) is 3. The Morgan fingerprint density at radius 2 is 2.17 bits per heavy atom. The molecule has 0 fully saturated rings. The number of ether oxygens (including phenoxy) is 1. The van der Waals surface area contributed by atoms with Crippen LogP contribution >= 0.6 is 11.3 Å². The predicted octanol–water partition coefficient (Wildman–Crippen LogP) is 1.94. The van der Waals surface area contributed by atoms with Crippen LogP contribution in [0.3, 0.4) is 0 Å². The van der Waals surface area contributed by atoms with Crippen molar-refractivity contribution >= 4 is 28.9 Å². The molecule has 30 heavy (non-hydrogen) atoms. The normalized spacial score (nSPS) is 19.4. The molecule has 0 saturated heterocycles. The van der Waals surface area contributed by atoms with Crippen molar-refractivity contribution in [2.45, 2.75) is 5.41 Å². The lowest BCUT2D eigenvalue weighted by Gasteiger charge is -2.32. The largest absolute Gasteiger partial charge is 0.480 e. The van der Waals surface area contributed by atoms with Crippen molar-refractivity contribution < 1.29 is 19.4 Å². The molecule has 1 amide bonds. The first-order valence-electron chi connectivity index (χ1n) is 8.84. The Bertz CT molecular complexity index is 1290. The van der Waals surface area contributed by atoms with Gasteiger partial charge in [-0.1, -0.05) is 24.3 Å². The lowest BCUT2D eigenvalue weighted by Crippen LogP contribution is -2.47. The molecule has 10 heteroatoms. The van der Waals surface area contributed by atoms with Crippen molar-refractivity contribution in [3.63, 3.8) is 0 Å². The highest BCUT2D eigenvalue weighted by molar-refractivity contribution is 7.13. The van der Waals surface area contributed by atoms with E-state index in [0.717, 1.165) is 9.78 Å². The fourth-order valence-electron chi connectivity index (χ4n) is 4.18. The lowest BCUT2D eigenvalue weighted by molar-refractivity contribution is -0.136. The molecule has 1 aromatic carbocycles. The lowest BCUT2D eigenvalue weighted by atomic mass is 9.69. The third kappa shape index (κ3) is 2.12. The van der Waals surface area contributed by atoms with Gasteiger partial charge in [-0.05, 0) is 17.5 Å². The fraction of sp³-hybridized carbons (Fsp3) is 0.100. The number of hydrogen-bond donors (Lipinski definition) is 3. The molecule has 2 aromatic heterocycles. The third-order valence-electron chi connectivity index (χ3n) is 5.27. The summed E-state index contributed by atoms with van der Waals surface area (Å²) in [5.41, 5.74) is 6.01. The number of fused-ring (bicyclic) bond motifs is 4. The molecule has 0 bridgehead atoms. The molecule has 2 aliphatic heterocycles. The van der Waals surface area contributed by atoms with Crippen LogP contribution in [0.25, 0.3) is 10.6 Å². The molecule has 148 valence electrons. The first-order chi connectivity index (χ1) is 14.5. The number of thiophene rings is 1. The number of benzene rings is 1. The molecule has 3 aromatic rings. The Morgan fingerprint density at radius 3 is 2.87 bits per heavy atom. The van der Waals surface area contributed by atoms with Crippen LogP contribution in [0, 0.1) is 11.3 Å². The van der Waals surface area contributed by atoms with Gasteiger partial charge in [0.1, 0.15) is 23.6 Å². The number of para-hydroxylation sites is 1. The number of carboxylic acid groups (broad SMARTS) is 1. The highest BCUT2D eigenvalue weighted by atomic mass is 32.1. The summed E-state index contributed by atoms with van der Waals surface area (Å²) in [5.74, 6) is -1.93. The van der Waals surface area contributed by atoms with E-state index in [-0.39, 0.29) is 17.3 Å². The number of carbonyl (C=O) groups excluding carboxylic acids is 1. The highest BCUT2D eigenvalue weighted by Crippen LogP contribution is 2.57. The van der Waals surface area contributed by atoms with E-state index in [9.17, 15) is 20.0 Å². The Hall–Kier alpha value is -4.10. The van der Waals surface area contributed by atoms with E-state index in [0.29, 0.717) is 22.5 Å². The smallest absolute Gasteiger partial charge is 0.323 e. The zero-order valence-corrected chi connectivity index (χ0v) is 16.1. The van der Waals surface area contributed by atoms with Crippen molar-refractivity contribution in [2.75, 3.05) is 11.4 Å². The van der Waals surface area contributed by atoms with Crippen LogP contribution in [0.4, 0.5) is 5.69 Å². The number of aliphatic carboxylic acids is 1. The molecule has 1 spiro atoms. The molecule has 0 unspecified atom stereocenters. The summed E-state index contributed by atoms with van der Waals surface area (Å²) in [6.07, 6.45) is 0. The minimum absolute atomic E-state index is 0.0789. The zero-order chi connectivity index (χ0) is 21.0. The van der Waals surface area contributed by atoms with Crippen molar-refractivity contribution in [2.24, 2.45) is 5.73 Å². The molecule has 2 aliphatic rings. The van der Waals surface area contributed by atoms with E-state index in [4.69, 9.17) is 10.5 Å². The second-order valence-electron chi connectivity index (χ2n) is 6.76. The van der Waals surface area contributed by atoms with Crippen LogP contribution in [0.15, 0.2) is 53.2 Å². The van der Waals surface area contributed by atoms with Gasteiger partial charge in [-0.25, -0.2) is 0 Å². The van der Waals surface area contributed by atoms with Crippen LogP contribution in [-0.4, -0.2) is 33.7 Å². The number of amides is 1. The number of nitrogens with one attached hydrogen (secondary N) is 1. The van der Waals surface area contributed by atoms with Crippen LogP contribution in [-0.2, 0) is 15.0 Å². The van der Waals surface area contributed by atoms with Gasteiger partial charge in [-0.15, -0.1) is 16.4 Å². The van der Waals surface area contributed by atoms with Crippen molar-refractivity contribution in [3.8, 4) is 22.5 Å². The van der Waals surface area contributed by atoms with Crippen molar-refractivity contribution in [1.29, 1.82) is 5.26 Å². The van der Waals surface area contributed by atoms with E-state index in [1.807, 2.05) is 23.6 Å². The first kappa shape index (κ1) is 18.0. The second-order valence-corrected chi connectivity index (χ2v) is 7.71. The topological polar surface area (TPSA) is 145 Å². The number of rotatable bonds is 3. The average molecular weight is 419 g/mol. The summed E-state index contributed by atoms with van der Waals surface area (Å²) in [6, 6.07) is 12.5. The monoisotopic (exact) mass is 419 g/mol. The van der Waals surface area contributed by atoms with Crippen LogP contribution in [0.5, 0.6) is 5.88 Å². The first-order valence-corrected chi connectivity index (χ1v) is 9.72. The van der Waals surface area contributed by atoms with Gasteiger partial charge in [-0.2, -0.15) is 5.26 Å². The van der Waals surface area contributed by atoms with Gasteiger partial charge >= 0.3 is 5.97 Å². The Labute approximate surface area is 173 Å². The van der Waals surface area contributed by atoms with Crippen LogP contribution < -0.4 is 15.4 Å². The van der Waals surface area contributed by atoms with Crippen molar-refractivity contribution in [1.82, 2.24) is 10.2 Å². The number of nitrogens with two attached hydrogens (primary N) is 1. The maximum atomic E-state index is 13.9. The SMILES string of the molecule is N#CC1=C(N)Oc2n[nH]c(-c3cccs3)c2[C@@]12C(=O)N(CC(=O)O)c1ccccc12. The maximum absolute atomic E-state index is 13.9. The summed E-state index contributed by atoms with van der Waals surface area (Å²) < 4.78 is 5.59. The standard InChI is InChI=1S/C20H13N5O4S/c21-8-11-17(22)29-18-15(16(23-24-18)13-6-3-7-30-13)20(11)10-4-1-2-5-12(10)25(19(20)28)9-14(26)27/h1-7H,9,22H2,(H,23,24)(H,26,27)/t20-/m0/s1. The van der Waals surface area contributed by atoms with Gasteiger partial charge in [0.15, 0.2) is 0 Å². The summed E-state index contributed by atoms with van der Waals surface area (Å²) in [6.45, 7) is -0.557. The number of anilines is 1. The molecular formula is C20H13N5O4S. The fourth-order valence-corrected chi connectivity index (χ4v) is 4.91. The molecule has 9 nitrogen and oxygen atoms in total. The average Bonchev–Trinajstić information content (AvgIpc) is 3.43. The summed E-state index contributed by atoms with van der Waals surface area (Å²) >= 11 is 1.42. The van der Waals surface area contributed by atoms with E-state index in [1.165, 1.54) is 11.3 Å². The van der Waals surface area contributed by atoms with Gasteiger partial charge in [0.2, 0.25) is 17.7 Å². The minimum Gasteiger partial charge on any atom is -0.480 e. The second kappa shape index (κ2) is 6.20. The van der Waals surface area contributed by atoms with E-state index in [2.05, 4.69) is 10.2 Å². The number of aromatic nitrogens is 2.